The zero-order valence-electron chi connectivity index (χ0n) is 10.8. The van der Waals surface area contributed by atoms with Gasteiger partial charge in [0.05, 0.1) is 6.54 Å². The molecule has 0 atom stereocenters. The van der Waals surface area contributed by atoms with Crippen molar-refractivity contribution in [2.24, 2.45) is 5.92 Å². The molecule has 2 amide bonds. The standard InChI is InChI=1S/C11H23N3O2.ClH/c1-9(2)4-5-10(15)14-8-11(16)13-7-6-12-3;/h9,12H,4-8H2,1-3H3,(H,13,16)(H,14,15);1H. The maximum absolute atomic E-state index is 11.3. The van der Waals surface area contributed by atoms with Crippen molar-refractivity contribution in [2.75, 3.05) is 26.7 Å². The predicted octanol–water partition coefficient (Wildman–Crippen LogP) is 0.296. The van der Waals surface area contributed by atoms with Crippen LogP contribution in [0.15, 0.2) is 0 Å². The number of hydrogen-bond acceptors (Lipinski definition) is 3. The SMILES string of the molecule is CNCCNC(=O)CNC(=O)CCC(C)C.Cl. The number of carbonyl (C=O) groups excluding carboxylic acids is 2. The molecule has 0 unspecified atom stereocenters. The van der Waals surface area contributed by atoms with Crippen LogP contribution in [-0.4, -0.2) is 38.5 Å². The van der Waals surface area contributed by atoms with E-state index in [2.05, 4.69) is 29.8 Å². The summed E-state index contributed by atoms with van der Waals surface area (Å²) in [4.78, 5) is 22.5. The van der Waals surface area contributed by atoms with E-state index in [0.717, 1.165) is 13.0 Å². The number of halogens is 1. The van der Waals surface area contributed by atoms with Crippen molar-refractivity contribution in [1.29, 1.82) is 0 Å². The number of hydrogen-bond donors (Lipinski definition) is 3. The molecule has 0 aromatic heterocycles. The average Bonchev–Trinajstić information content (AvgIpc) is 2.24. The lowest BCUT2D eigenvalue weighted by Gasteiger charge is -2.07. The first-order valence-electron chi connectivity index (χ1n) is 5.74. The van der Waals surface area contributed by atoms with E-state index in [1.807, 2.05) is 7.05 Å². The Morgan fingerprint density at radius 1 is 1.06 bits per heavy atom. The van der Waals surface area contributed by atoms with Gasteiger partial charge in [-0.1, -0.05) is 13.8 Å². The first-order chi connectivity index (χ1) is 7.56. The Morgan fingerprint density at radius 3 is 2.24 bits per heavy atom. The fourth-order valence-corrected chi connectivity index (χ4v) is 1.08. The summed E-state index contributed by atoms with van der Waals surface area (Å²) in [5, 5.41) is 8.20. The summed E-state index contributed by atoms with van der Waals surface area (Å²) in [7, 11) is 1.82. The molecular formula is C11H24ClN3O2. The number of rotatable bonds is 8. The summed E-state index contributed by atoms with van der Waals surface area (Å²) >= 11 is 0. The maximum atomic E-state index is 11.3. The Morgan fingerprint density at radius 2 is 1.71 bits per heavy atom. The van der Waals surface area contributed by atoms with E-state index in [0.29, 0.717) is 18.9 Å². The average molecular weight is 266 g/mol. The third-order valence-electron chi connectivity index (χ3n) is 2.09. The van der Waals surface area contributed by atoms with Gasteiger partial charge in [0.15, 0.2) is 0 Å². The quantitative estimate of drug-likeness (QED) is 0.553. The third kappa shape index (κ3) is 13.1. The van der Waals surface area contributed by atoms with Crippen molar-refractivity contribution >= 4 is 24.2 Å². The molecule has 0 aromatic rings. The van der Waals surface area contributed by atoms with E-state index >= 15 is 0 Å². The summed E-state index contributed by atoms with van der Waals surface area (Å²) in [6.07, 6.45) is 1.34. The molecule has 5 nitrogen and oxygen atoms in total. The predicted molar refractivity (Wildman–Crippen MR) is 71.3 cm³/mol. The molecule has 3 N–H and O–H groups in total. The Labute approximate surface area is 110 Å². The summed E-state index contributed by atoms with van der Waals surface area (Å²) in [5.41, 5.74) is 0. The minimum Gasteiger partial charge on any atom is -0.353 e. The summed E-state index contributed by atoms with van der Waals surface area (Å²) < 4.78 is 0. The fourth-order valence-electron chi connectivity index (χ4n) is 1.08. The van der Waals surface area contributed by atoms with Crippen LogP contribution in [-0.2, 0) is 9.59 Å². The van der Waals surface area contributed by atoms with Crippen LogP contribution >= 0.6 is 12.4 Å². The highest BCUT2D eigenvalue weighted by Gasteiger charge is 2.05. The minimum absolute atomic E-state index is 0. The monoisotopic (exact) mass is 265 g/mol. The maximum Gasteiger partial charge on any atom is 0.239 e. The van der Waals surface area contributed by atoms with Crippen LogP contribution < -0.4 is 16.0 Å². The van der Waals surface area contributed by atoms with Crippen molar-refractivity contribution in [3.8, 4) is 0 Å². The van der Waals surface area contributed by atoms with Gasteiger partial charge >= 0.3 is 0 Å². The molecule has 17 heavy (non-hydrogen) atoms. The van der Waals surface area contributed by atoms with E-state index in [-0.39, 0.29) is 30.8 Å². The van der Waals surface area contributed by atoms with Gasteiger partial charge < -0.3 is 16.0 Å². The van der Waals surface area contributed by atoms with Gasteiger partial charge in [-0.15, -0.1) is 12.4 Å². The molecule has 0 heterocycles. The van der Waals surface area contributed by atoms with Crippen molar-refractivity contribution in [3.63, 3.8) is 0 Å². The van der Waals surface area contributed by atoms with E-state index in [1.54, 1.807) is 0 Å². The molecule has 0 rings (SSSR count). The van der Waals surface area contributed by atoms with Crippen LogP contribution in [0.4, 0.5) is 0 Å². The molecule has 0 radical (unpaired) electrons. The first kappa shape index (κ1) is 18.6. The fraction of sp³-hybridized carbons (Fsp3) is 0.818. The van der Waals surface area contributed by atoms with Gasteiger partial charge in [-0.05, 0) is 19.4 Å². The lowest BCUT2D eigenvalue weighted by atomic mass is 10.1. The van der Waals surface area contributed by atoms with Crippen LogP contribution in [0.25, 0.3) is 0 Å². The lowest BCUT2D eigenvalue weighted by Crippen LogP contribution is -2.39. The van der Waals surface area contributed by atoms with Gasteiger partial charge in [0.1, 0.15) is 0 Å². The molecule has 0 aromatic carbocycles. The van der Waals surface area contributed by atoms with Gasteiger partial charge in [0.25, 0.3) is 0 Å². The van der Waals surface area contributed by atoms with Crippen LogP contribution in [0.5, 0.6) is 0 Å². The molecule has 0 saturated carbocycles. The number of amides is 2. The molecule has 0 saturated heterocycles. The van der Waals surface area contributed by atoms with Gasteiger partial charge in [-0.25, -0.2) is 0 Å². The summed E-state index contributed by atoms with van der Waals surface area (Å²) in [6, 6.07) is 0. The molecule has 0 aliphatic heterocycles. The number of carbonyl (C=O) groups is 2. The van der Waals surface area contributed by atoms with Crippen molar-refractivity contribution in [1.82, 2.24) is 16.0 Å². The van der Waals surface area contributed by atoms with Gasteiger partial charge in [0, 0.05) is 19.5 Å². The molecule has 102 valence electrons. The van der Waals surface area contributed by atoms with Gasteiger partial charge in [-0.2, -0.15) is 0 Å². The molecular weight excluding hydrogens is 242 g/mol. The van der Waals surface area contributed by atoms with Crippen LogP contribution in [0.2, 0.25) is 0 Å². The topological polar surface area (TPSA) is 70.2 Å². The third-order valence-corrected chi connectivity index (χ3v) is 2.09. The summed E-state index contributed by atoms with van der Waals surface area (Å²) in [6.45, 7) is 5.51. The zero-order chi connectivity index (χ0) is 12.4. The first-order valence-corrected chi connectivity index (χ1v) is 5.74. The number of nitrogens with one attached hydrogen (secondary N) is 3. The highest BCUT2D eigenvalue weighted by molar-refractivity contribution is 5.85. The van der Waals surface area contributed by atoms with Crippen LogP contribution in [0.3, 0.4) is 0 Å². The normalized spacial score (nSPS) is 9.65. The lowest BCUT2D eigenvalue weighted by molar-refractivity contribution is -0.126. The van der Waals surface area contributed by atoms with Crippen LogP contribution in [0.1, 0.15) is 26.7 Å². The van der Waals surface area contributed by atoms with E-state index < -0.39 is 0 Å². The second-order valence-corrected chi connectivity index (χ2v) is 4.16. The molecule has 0 bridgehead atoms. The summed E-state index contributed by atoms with van der Waals surface area (Å²) in [5.74, 6) is 0.306. The second-order valence-electron chi connectivity index (χ2n) is 4.16. The van der Waals surface area contributed by atoms with Gasteiger partial charge in [0.2, 0.25) is 11.8 Å². The molecule has 0 aliphatic carbocycles. The van der Waals surface area contributed by atoms with Crippen molar-refractivity contribution < 1.29 is 9.59 Å². The van der Waals surface area contributed by atoms with Gasteiger partial charge in [-0.3, -0.25) is 9.59 Å². The Kier molecular flexibility index (Phi) is 12.7. The van der Waals surface area contributed by atoms with Crippen molar-refractivity contribution in [2.45, 2.75) is 26.7 Å². The Balaban J connectivity index is 0. The van der Waals surface area contributed by atoms with E-state index in [1.165, 1.54) is 0 Å². The highest BCUT2D eigenvalue weighted by Crippen LogP contribution is 2.02. The van der Waals surface area contributed by atoms with E-state index in [9.17, 15) is 9.59 Å². The minimum atomic E-state index is -0.145. The Hall–Kier alpha value is -0.810. The smallest absolute Gasteiger partial charge is 0.239 e. The molecule has 0 fully saturated rings. The van der Waals surface area contributed by atoms with Crippen LogP contribution in [0, 0.1) is 5.92 Å². The number of likely N-dealkylation sites (N-methyl/N-ethyl adjacent to an activating group) is 1. The van der Waals surface area contributed by atoms with Crippen molar-refractivity contribution in [3.05, 3.63) is 0 Å². The molecule has 0 aliphatic rings. The highest BCUT2D eigenvalue weighted by atomic mass is 35.5. The largest absolute Gasteiger partial charge is 0.353 e. The Bertz CT molecular complexity index is 223. The zero-order valence-corrected chi connectivity index (χ0v) is 11.7. The molecule has 6 heteroatoms. The molecule has 0 spiro atoms. The van der Waals surface area contributed by atoms with E-state index in [4.69, 9.17) is 0 Å². The second kappa shape index (κ2) is 11.7.